The maximum absolute atomic E-state index is 10.5. The summed E-state index contributed by atoms with van der Waals surface area (Å²) in [6, 6.07) is 7.56. The van der Waals surface area contributed by atoms with Crippen LogP contribution in [-0.2, 0) is 9.53 Å². The molecule has 1 rings (SSSR count). The highest BCUT2D eigenvalue weighted by Gasteiger charge is 1.92. The van der Waals surface area contributed by atoms with Gasteiger partial charge < -0.3 is 4.74 Å². The molecule has 0 heterocycles. The molecule has 90 valence electrons. The van der Waals surface area contributed by atoms with Gasteiger partial charge in [-0.15, -0.1) is 6.42 Å². The standard InChI is InChI=1S/C16H14O2/c1-3-15-10-7-8-12-16(15)11-6-4-5-9-13-18-14(2)17/h1,7-10,12-13H,4-5H2,2H3/b13-9+. The van der Waals surface area contributed by atoms with Gasteiger partial charge >= 0.3 is 5.97 Å². The fraction of sp³-hybridized carbons (Fsp3) is 0.188. The third kappa shape index (κ3) is 5.05. The third-order valence-electron chi connectivity index (χ3n) is 2.07. The highest BCUT2D eigenvalue weighted by atomic mass is 16.5. The Bertz CT molecular complexity index is 536. The number of unbranched alkanes of at least 4 members (excludes halogenated alkanes) is 1. The van der Waals surface area contributed by atoms with Gasteiger partial charge in [-0.05, 0) is 24.6 Å². The topological polar surface area (TPSA) is 26.3 Å². The van der Waals surface area contributed by atoms with E-state index in [0.717, 1.165) is 17.5 Å². The Balaban J connectivity index is 2.45. The first-order valence-electron chi connectivity index (χ1n) is 5.61. The monoisotopic (exact) mass is 238 g/mol. The van der Waals surface area contributed by atoms with Crippen molar-refractivity contribution in [1.82, 2.24) is 0 Å². The second-order valence-corrected chi connectivity index (χ2v) is 3.51. The molecule has 18 heavy (non-hydrogen) atoms. The quantitative estimate of drug-likeness (QED) is 0.350. The lowest BCUT2D eigenvalue weighted by Gasteiger charge is -1.94. The van der Waals surface area contributed by atoms with E-state index in [1.54, 1.807) is 6.08 Å². The molecule has 1 aromatic carbocycles. The van der Waals surface area contributed by atoms with Crippen molar-refractivity contribution >= 4 is 5.97 Å². The number of ether oxygens (including phenoxy) is 1. The van der Waals surface area contributed by atoms with E-state index < -0.39 is 0 Å². The van der Waals surface area contributed by atoms with Crippen LogP contribution < -0.4 is 0 Å². The first-order chi connectivity index (χ1) is 8.74. The van der Waals surface area contributed by atoms with Crippen molar-refractivity contribution in [2.45, 2.75) is 19.8 Å². The summed E-state index contributed by atoms with van der Waals surface area (Å²) in [6.07, 6.45) is 9.95. The highest BCUT2D eigenvalue weighted by Crippen LogP contribution is 2.05. The molecular formula is C16H14O2. The van der Waals surface area contributed by atoms with Crippen LogP contribution in [-0.4, -0.2) is 5.97 Å². The van der Waals surface area contributed by atoms with Crippen LogP contribution in [0.2, 0.25) is 0 Å². The number of allylic oxidation sites excluding steroid dienone is 1. The number of esters is 1. The molecule has 0 fully saturated rings. The van der Waals surface area contributed by atoms with Crippen molar-refractivity contribution in [3.63, 3.8) is 0 Å². The van der Waals surface area contributed by atoms with Gasteiger partial charge in [-0.1, -0.05) is 29.9 Å². The molecule has 0 bridgehead atoms. The van der Waals surface area contributed by atoms with Crippen LogP contribution in [0.4, 0.5) is 0 Å². The highest BCUT2D eigenvalue weighted by molar-refractivity contribution is 5.66. The van der Waals surface area contributed by atoms with E-state index in [-0.39, 0.29) is 5.97 Å². The van der Waals surface area contributed by atoms with Gasteiger partial charge in [0, 0.05) is 24.5 Å². The number of carbonyl (C=O) groups excluding carboxylic acids is 1. The van der Waals surface area contributed by atoms with Crippen LogP contribution in [0, 0.1) is 24.2 Å². The number of terminal acetylenes is 1. The molecular weight excluding hydrogens is 224 g/mol. The predicted octanol–water partition coefficient (Wildman–Crippen LogP) is 2.88. The molecule has 2 heteroatoms. The Morgan fingerprint density at radius 3 is 2.78 bits per heavy atom. The predicted molar refractivity (Wildman–Crippen MR) is 71.4 cm³/mol. The van der Waals surface area contributed by atoms with Crippen molar-refractivity contribution < 1.29 is 9.53 Å². The van der Waals surface area contributed by atoms with Crippen molar-refractivity contribution in [3.05, 3.63) is 47.7 Å². The van der Waals surface area contributed by atoms with E-state index in [2.05, 4.69) is 22.5 Å². The third-order valence-corrected chi connectivity index (χ3v) is 2.07. The SMILES string of the molecule is C#Cc1ccccc1C#CCC/C=C/OC(C)=O. The first kappa shape index (κ1) is 13.6. The number of carbonyl (C=O) groups is 1. The van der Waals surface area contributed by atoms with E-state index in [4.69, 9.17) is 6.42 Å². The van der Waals surface area contributed by atoms with Crippen LogP contribution in [0.5, 0.6) is 0 Å². The Labute approximate surface area is 108 Å². The molecule has 0 radical (unpaired) electrons. The normalized spacial score (nSPS) is 9.33. The summed E-state index contributed by atoms with van der Waals surface area (Å²) >= 11 is 0. The van der Waals surface area contributed by atoms with Gasteiger partial charge in [-0.2, -0.15) is 0 Å². The summed E-state index contributed by atoms with van der Waals surface area (Å²) in [6.45, 7) is 1.36. The van der Waals surface area contributed by atoms with Crippen LogP contribution in [0.25, 0.3) is 0 Å². The summed E-state index contributed by atoms with van der Waals surface area (Å²) in [4.78, 5) is 10.5. The number of benzene rings is 1. The summed E-state index contributed by atoms with van der Waals surface area (Å²) in [5, 5.41) is 0. The molecule has 0 spiro atoms. The van der Waals surface area contributed by atoms with E-state index in [1.807, 2.05) is 24.3 Å². The molecule has 2 nitrogen and oxygen atoms in total. The van der Waals surface area contributed by atoms with Crippen molar-refractivity contribution in [1.29, 1.82) is 0 Å². The summed E-state index contributed by atoms with van der Waals surface area (Å²) in [5.74, 6) is 8.33. The van der Waals surface area contributed by atoms with E-state index in [1.165, 1.54) is 13.2 Å². The van der Waals surface area contributed by atoms with E-state index in [9.17, 15) is 4.79 Å². The Hall–Kier alpha value is -2.45. The Kier molecular flexibility index (Phi) is 5.87. The summed E-state index contributed by atoms with van der Waals surface area (Å²) in [7, 11) is 0. The second-order valence-electron chi connectivity index (χ2n) is 3.51. The molecule has 0 N–H and O–H groups in total. The fourth-order valence-electron chi connectivity index (χ4n) is 1.24. The average Bonchev–Trinajstić information content (AvgIpc) is 2.37. The van der Waals surface area contributed by atoms with Crippen molar-refractivity contribution in [3.8, 4) is 24.2 Å². The molecule has 0 saturated heterocycles. The fourth-order valence-corrected chi connectivity index (χ4v) is 1.24. The van der Waals surface area contributed by atoms with Gasteiger partial charge in [0.15, 0.2) is 0 Å². The molecule has 1 aromatic rings. The van der Waals surface area contributed by atoms with E-state index >= 15 is 0 Å². The van der Waals surface area contributed by atoms with Gasteiger partial charge in [0.2, 0.25) is 0 Å². The lowest BCUT2D eigenvalue weighted by molar-refractivity contribution is -0.135. The zero-order valence-electron chi connectivity index (χ0n) is 10.3. The smallest absolute Gasteiger partial charge is 0.307 e. The minimum absolute atomic E-state index is 0.319. The minimum atomic E-state index is -0.319. The van der Waals surface area contributed by atoms with E-state index in [0.29, 0.717) is 6.42 Å². The number of hydrogen-bond acceptors (Lipinski definition) is 2. The van der Waals surface area contributed by atoms with Gasteiger partial charge in [0.25, 0.3) is 0 Å². The molecule has 0 saturated carbocycles. The molecule has 0 atom stereocenters. The van der Waals surface area contributed by atoms with Crippen LogP contribution in [0.15, 0.2) is 36.6 Å². The van der Waals surface area contributed by atoms with Gasteiger partial charge in [-0.25, -0.2) is 0 Å². The summed E-state index contributed by atoms with van der Waals surface area (Å²) < 4.78 is 4.65. The zero-order valence-corrected chi connectivity index (χ0v) is 10.3. The van der Waals surface area contributed by atoms with Gasteiger partial charge in [0.05, 0.1) is 6.26 Å². The van der Waals surface area contributed by atoms with Crippen molar-refractivity contribution in [2.24, 2.45) is 0 Å². The zero-order chi connectivity index (χ0) is 13.2. The molecule has 0 aromatic heterocycles. The Morgan fingerprint density at radius 1 is 1.39 bits per heavy atom. The molecule has 0 aliphatic heterocycles. The average molecular weight is 238 g/mol. The maximum Gasteiger partial charge on any atom is 0.307 e. The molecule has 0 unspecified atom stereocenters. The lowest BCUT2D eigenvalue weighted by atomic mass is 10.1. The van der Waals surface area contributed by atoms with Crippen LogP contribution in [0.1, 0.15) is 30.9 Å². The minimum Gasteiger partial charge on any atom is -0.435 e. The second kappa shape index (κ2) is 7.76. The molecule has 0 amide bonds. The lowest BCUT2D eigenvalue weighted by Crippen LogP contribution is -1.88. The number of hydrogen-bond donors (Lipinski definition) is 0. The largest absolute Gasteiger partial charge is 0.435 e. The van der Waals surface area contributed by atoms with Gasteiger partial charge in [0.1, 0.15) is 0 Å². The maximum atomic E-state index is 10.5. The van der Waals surface area contributed by atoms with Crippen LogP contribution in [0.3, 0.4) is 0 Å². The van der Waals surface area contributed by atoms with Crippen LogP contribution >= 0.6 is 0 Å². The van der Waals surface area contributed by atoms with Gasteiger partial charge in [-0.3, -0.25) is 4.79 Å². The summed E-state index contributed by atoms with van der Waals surface area (Å²) in [5.41, 5.74) is 1.67. The number of rotatable bonds is 3. The molecule has 0 aliphatic carbocycles. The Morgan fingerprint density at radius 2 is 2.11 bits per heavy atom. The molecule has 0 aliphatic rings. The van der Waals surface area contributed by atoms with Crippen molar-refractivity contribution in [2.75, 3.05) is 0 Å². The first-order valence-corrected chi connectivity index (χ1v) is 5.61.